The lowest BCUT2D eigenvalue weighted by molar-refractivity contribution is 0.652. The maximum atomic E-state index is 2.60. The van der Waals surface area contributed by atoms with Crippen LogP contribution in [0.5, 0.6) is 0 Å². The van der Waals surface area contributed by atoms with Crippen LogP contribution in [0.3, 0.4) is 0 Å². The molecule has 5 aliphatic rings. The second-order valence-electron chi connectivity index (χ2n) is 13.1. The molecule has 0 heteroatoms. The van der Waals surface area contributed by atoms with Gasteiger partial charge in [0, 0.05) is 10.8 Å². The lowest BCUT2D eigenvalue weighted by Crippen LogP contribution is -2.33. The standard InChI is InChI=1S/C38H32/c1-37(2)30-17-16-21-10-5-6-11-22(21)35(30)28-19-32-29(20-31(28)37)36-26-15-9-14-25-23-12-7-8-13-24(23)27(34(25)26)18-33(36)38(32,3)4/h5-6,10-13,15-20H,7-9,14H2,1-4H3. The molecule has 0 nitrogen and oxygen atoms in total. The number of rotatable bonds is 0. The minimum atomic E-state index is -0.0319. The zero-order valence-electron chi connectivity index (χ0n) is 22.8. The highest BCUT2D eigenvalue weighted by atomic mass is 14.5. The molecule has 0 aromatic heterocycles. The van der Waals surface area contributed by atoms with Gasteiger partial charge in [-0.2, -0.15) is 0 Å². The molecule has 0 saturated carbocycles. The lowest BCUT2D eigenvalue weighted by Gasteiger charge is -2.24. The quantitative estimate of drug-likeness (QED) is 0.234. The molecule has 0 radical (unpaired) electrons. The Kier molecular flexibility index (Phi) is 3.74. The first-order valence-corrected chi connectivity index (χ1v) is 14.4. The fraction of sp³-hybridized carbons (Fsp3) is 0.263. The van der Waals surface area contributed by atoms with Crippen LogP contribution in [0.15, 0.2) is 72.3 Å². The van der Waals surface area contributed by atoms with E-state index >= 15 is 0 Å². The van der Waals surface area contributed by atoms with Crippen LogP contribution in [-0.2, 0) is 10.8 Å². The third-order valence-corrected chi connectivity index (χ3v) is 10.5. The average Bonchev–Trinajstić information content (AvgIpc) is 3.46. The molecule has 38 heavy (non-hydrogen) atoms. The third-order valence-electron chi connectivity index (χ3n) is 10.5. The van der Waals surface area contributed by atoms with E-state index in [-0.39, 0.29) is 10.8 Å². The van der Waals surface area contributed by atoms with Gasteiger partial charge in [0.25, 0.3) is 0 Å². The molecule has 0 saturated heterocycles. The summed E-state index contributed by atoms with van der Waals surface area (Å²) in [6, 6.07) is 21.4. The first kappa shape index (κ1) is 21.3. The van der Waals surface area contributed by atoms with Crippen LogP contribution >= 0.6 is 0 Å². The smallest absolute Gasteiger partial charge is 0.0159 e. The molecule has 0 fully saturated rings. The Balaban J connectivity index is 1.40. The highest BCUT2D eigenvalue weighted by Gasteiger charge is 2.43. The summed E-state index contributed by atoms with van der Waals surface area (Å²) < 4.78 is 0. The van der Waals surface area contributed by atoms with Gasteiger partial charge in [-0.3, -0.25) is 0 Å². The van der Waals surface area contributed by atoms with Crippen molar-refractivity contribution in [1.82, 2.24) is 0 Å². The molecule has 4 aromatic carbocycles. The minimum absolute atomic E-state index is 0.0177. The molecule has 0 atom stereocenters. The molecule has 0 amide bonds. The summed E-state index contributed by atoms with van der Waals surface area (Å²) in [5, 5.41) is 5.78. The zero-order chi connectivity index (χ0) is 25.6. The summed E-state index contributed by atoms with van der Waals surface area (Å²) in [6.45, 7) is 9.77. The monoisotopic (exact) mass is 488 g/mol. The molecule has 9 rings (SSSR count). The molecular weight excluding hydrogens is 456 g/mol. The van der Waals surface area contributed by atoms with Crippen LogP contribution in [0.1, 0.15) is 81.2 Å². The van der Waals surface area contributed by atoms with Gasteiger partial charge >= 0.3 is 0 Å². The molecule has 0 spiro atoms. The van der Waals surface area contributed by atoms with Crippen LogP contribution < -0.4 is 10.4 Å². The van der Waals surface area contributed by atoms with E-state index in [1.807, 2.05) is 0 Å². The van der Waals surface area contributed by atoms with E-state index < -0.39 is 0 Å². The van der Waals surface area contributed by atoms with Crippen LogP contribution in [0.2, 0.25) is 0 Å². The molecule has 0 aliphatic heterocycles. The van der Waals surface area contributed by atoms with E-state index in [0.29, 0.717) is 0 Å². The van der Waals surface area contributed by atoms with Gasteiger partial charge in [-0.1, -0.05) is 82.3 Å². The predicted octanol–water partition coefficient (Wildman–Crippen LogP) is 8.29. The Morgan fingerprint density at radius 1 is 0.579 bits per heavy atom. The first-order chi connectivity index (χ1) is 18.4. The van der Waals surface area contributed by atoms with Gasteiger partial charge in [-0.15, -0.1) is 0 Å². The number of fused-ring (bicyclic) bond motifs is 12. The summed E-state index contributed by atoms with van der Waals surface area (Å²) in [5.74, 6) is 0. The minimum Gasteiger partial charge on any atom is -0.0760 e. The largest absolute Gasteiger partial charge is 0.0760 e. The fourth-order valence-electron chi connectivity index (χ4n) is 8.62. The van der Waals surface area contributed by atoms with Crippen molar-refractivity contribution in [2.24, 2.45) is 0 Å². The molecule has 184 valence electrons. The van der Waals surface area contributed by atoms with Crippen molar-refractivity contribution in [3.63, 3.8) is 0 Å². The molecule has 0 N–H and O–H groups in total. The van der Waals surface area contributed by atoms with Crippen molar-refractivity contribution in [1.29, 1.82) is 0 Å². The van der Waals surface area contributed by atoms with Gasteiger partial charge in [0.1, 0.15) is 0 Å². The maximum Gasteiger partial charge on any atom is 0.0159 e. The predicted molar refractivity (Wildman–Crippen MR) is 161 cm³/mol. The highest BCUT2D eigenvalue weighted by molar-refractivity contribution is 6.05. The van der Waals surface area contributed by atoms with Crippen molar-refractivity contribution in [2.75, 3.05) is 0 Å². The number of hydrogen-bond acceptors (Lipinski definition) is 0. The van der Waals surface area contributed by atoms with E-state index in [1.54, 1.807) is 16.4 Å². The fourth-order valence-corrected chi connectivity index (χ4v) is 8.62. The van der Waals surface area contributed by atoms with E-state index in [0.717, 1.165) is 6.42 Å². The topological polar surface area (TPSA) is 0 Å². The van der Waals surface area contributed by atoms with E-state index in [2.05, 4.69) is 101 Å². The molecular formula is C38H32. The molecule has 0 bridgehead atoms. The molecule has 0 heterocycles. The third kappa shape index (κ3) is 2.31. The van der Waals surface area contributed by atoms with Gasteiger partial charge in [-0.25, -0.2) is 0 Å². The van der Waals surface area contributed by atoms with Gasteiger partial charge in [0.15, 0.2) is 0 Å². The zero-order valence-corrected chi connectivity index (χ0v) is 22.8. The summed E-state index contributed by atoms with van der Waals surface area (Å²) in [5.41, 5.74) is 18.0. The van der Waals surface area contributed by atoms with Gasteiger partial charge in [-0.05, 0) is 132 Å². The van der Waals surface area contributed by atoms with Crippen molar-refractivity contribution >= 4 is 28.0 Å². The molecule has 0 unspecified atom stereocenters. The van der Waals surface area contributed by atoms with Crippen molar-refractivity contribution in [3.8, 4) is 22.3 Å². The SMILES string of the molecule is CC1(C)c2cc3c(cc2-c2c1cc1c4c2=CCCC=4C2=CCCC=C21)C(C)(C)c1ccc2ccccc2c1-3. The first-order valence-electron chi connectivity index (χ1n) is 14.4. The summed E-state index contributed by atoms with van der Waals surface area (Å²) in [7, 11) is 0. The average molecular weight is 489 g/mol. The summed E-state index contributed by atoms with van der Waals surface area (Å²) >= 11 is 0. The normalized spacial score (nSPS) is 20.1. The van der Waals surface area contributed by atoms with Crippen LogP contribution in [0, 0.1) is 0 Å². The Morgan fingerprint density at radius 3 is 2.08 bits per heavy atom. The van der Waals surface area contributed by atoms with Gasteiger partial charge in [0.05, 0.1) is 0 Å². The van der Waals surface area contributed by atoms with Crippen molar-refractivity contribution < 1.29 is 0 Å². The number of benzene rings is 4. The Morgan fingerprint density at radius 2 is 1.26 bits per heavy atom. The maximum absolute atomic E-state index is 2.60. The second-order valence-corrected chi connectivity index (χ2v) is 13.1. The lowest BCUT2D eigenvalue weighted by atomic mass is 9.79. The van der Waals surface area contributed by atoms with Gasteiger partial charge < -0.3 is 0 Å². The highest BCUT2D eigenvalue weighted by Crippen LogP contribution is 2.57. The number of allylic oxidation sites excluding steroid dienone is 4. The van der Waals surface area contributed by atoms with E-state index in [9.17, 15) is 0 Å². The second kappa shape index (κ2) is 6.67. The van der Waals surface area contributed by atoms with Gasteiger partial charge in [0.2, 0.25) is 0 Å². The Bertz CT molecular complexity index is 2000. The van der Waals surface area contributed by atoms with Crippen LogP contribution in [0.4, 0.5) is 0 Å². The summed E-state index contributed by atoms with van der Waals surface area (Å²) in [6.07, 6.45) is 12.3. The van der Waals surface area contributed by atoms with Crippen LogP contribution in [0.25, 0.3) is 50.2 Å². The van der Waals surface area contributed by atoms with E-state index in [4.69, 9.17) is 0 Å². The van der Waals surface area contributed by atoms with Crippen LogP contribution in [-0.4, -0.2) is 0 Å². The Labute approximate surface area is 224 Å². The summed E-state index contributed by atoms with van der Waals surface area (Å²) in [4.78, 5) is 0. The Hall–Kier alpha value is -3.64. The molecule has 5 aliphatic carbocycles. The van der Waals surface area contributed by atoms with E-state index in [1.165, 1.54) is 90.9 Å². The van der Waals surface area contributed by atoms with Crippen molar-refractivity contribution in [3.05, 3.63) is 111 Å². The van der Waals surface area contributed by atoms with Crippen molar-refractivity contribution in [2.45, 2.75) is 64.2 Å². The molecule has 4 aromatic rings. The number of hydrogen-bond donors (Lipinski definition) is 0.